The lowest BCUT2D eigenvalue weighted by atomic mass is 10.0. The van der Waals surface area contributed by atoms with Gasteiger partial charge in [-0.1, -0.05) is 20.3 Å². The van der Waals surface area contributed by atoms with Crippen LogP contribution in [0.3, 0.4) is 0 Å². The predicted octanol–water partition coefficient (Wildman–Crippen LogP) is 6.33. The summed E-state index contributed by atoms with van der Waals surface area (Å²) in [4.78, 5) is 39.1. The highest BCUT2D eigenvalue weighted by molar-refractivity contribution is 6.06. The van der Waals surface area contributed by atoms with Gasteiger partial charge in [-0.15, -0.1) is 0 Å². The van der Waals surface area contributed by atoms with E-state index in [1.165, 1.54) is 0 Å². The van der Waals surface area contributed by atoms with Crippen LogP contribution in [0.15, 0.2) is 77.9 Å². The minimum absolute atomic E-state index is 0.224. The molecule has 2 amide bonds. The second-order valence-electron chi connectivity index (χ2n) is 10.1. The largest absolute Gasteiger partial charge is 0.497 e. The zero-order chi connectivity index (χ0) is 29.9. The Morgan fingerprint density at radius 1 is 1.00 bits per heavy atom. The Labute approximate surface area is 246 Å². The number of urea groups is 1. The number of carbonyl (C=O) groups is 1. The molecule has 0 saturated heterocycles. The number of rotatable bonds is 9. The third kappa shape index (κ3) is 5.62. The summed E-state index contributed by atoms with van der Waals surface area (Å²) in [6, 6.07) is 17.7. The quantitative estimate of drug-likeness (QED) is 0.156. The number of aromatic amines is 2. The van der Waals surface area contributed by atoms with Crippen LogP contribution in [0, 0.1) is 0 Å². The molecule has 0 saturated carbocycles. The standard InChI is InChI=1S/C31H30N8O4/c1-4-6-18(2)23-17-26(39(38-23)19-8-10-20(42-3)11-9-19)35-30(40)34-22-12-13-24(27-21(22)7-5-15-32-27)43-25-14-16-33-29-28(25)36-31(41)37-29/h5,7-18H,4,6H2,1-3H3,(H2,34,35,40)(H2,33,36,37,41). The Bertz CT molecular complexity index is 1980. The van der Waals surface area contributed by atoms with Crippen LogP contribution < -0.4 is 25.8 Å². The Balaban J connectivity index is 1.28. The Kier molecular flexibility index (Phi) is 7.48. The van der Waals surface area contributed by atoms with Crippen molar-refractivity contribution >= 4 is 39.6 Å². The van der Waals surface area contributed by atoms with Gasteiger partial charge in [-0.05, 0) is 55.0 Å². The van der Waals surface area contributed by atoms with Crippen LogP contribution in [-0.4, -0.2) is 42.9 Å². The minimum atomic E-state index is -0.441. The monoisotopic (exact) mass is 578 g/mol. The lowest BCUT2D eigenvalue weighted by Crippen LogP contribution is -2.21. The molecule has 6 aromatic rings. The van der Waals surface area contributed by atoms with Gasteiger partial charge >= 0.3 is 11.7 Å². The van der Waals surface area contributed by atoms with Crippen molar-refractivity contribution in [3.05, 3.63) is 89.2 Å². The fourth-order valence-electron chi connectivity index (χ4n) is 4.95. The second-order valence-corrected chi connectivity index (χ2v) is 10.1. The van der Waals surface area contributed by atoms with E-state index in [-0.39, 0.29) is 11.6 Å². The molecular formula is C31H30N8O4. The molecule has 1 atom stereocenters. The molecule has 4 N–H and O–H groups in total. The zero-order valence-corrected chi connectivity index (χ0v) is 23.8. The molecule has 1 unspecified atom stereocenters. The van der Waals surface area contributed by atoms with Crippen molar-refractivity contribution in [1.29, 1.82) is 0 Å². The van der Waals surface area contributed by atoms with Gasteiger partial charge in [0.25, 0.3) is 0 Å². The van der Waals surface area contributed by atoms with Crippen molar-refractivity contribution in [3.8, 4) is 22.9 Å². The molecule has 0 spiro atoms. The van der Waals surface area contributed by atoms with E-state index in [0.29, 0.717) is 45.1 Å². The average Bonchev–Trinajstić information content (AvgIpc) is 3.62. The number of anilines is 2. The van der Waals surface area contributed by atoms with Crippen LogP contribution in [0.5, 0.6) is 17.2 Å². The van der Waals surface area contributed by atoms with Crippen molar-refractivity contribution in [1.82, 2.24) is 29.7 Å². The number of amides is 2. The number of pyridine rings is 2. The number of imidazole rings is 1. The Morgan fingerprint density at radius 2 is 1.84 bits per heavy atom. The molecule has 0 radical (unpaired) electrons. The molecule has 2 aromatic carbocycles. The summed E-state index contributed by atoms with van der Waals surface area (Å²) in [6.07, 6.45) is 5.19. The third-order valence-electron chi connectivity index (χ3n) is 7.10. The number of nitrogens with one attached hydrogen (secondary N) is 4. The van der Waals surface area contributed by atoms with E-state index in [1.54, 1.807) is 48.5 Å². The molecule has 0 aliphatic carbocycles. The number of aromatic nitrogens is 6. The molecule has 0 bridgehead atoms. The summed E-state index contributed by atoms with van der Waals surface area (Å²) in [5.74, 6) is 2.34. The molecule has 0 aliphatic heterocycles. The van der Waals surface area contributed by atoms with E-state index in [2.05, 4.69) is 44.4 Å². The smallest absolute Gasteiger partial charge is 0.325 e. The summed E-state index contributed by atoms with van der Waals surface area (Å²) in [6.45, 7) is 4.26. The van der Waals surface area contributed by atoms with Gasteiger partial charge in [0, 0.05) is 35.8 Å². The first kappa shape index (κ1) is 27.5. The summed E-state index contributed by atoms with van der Waals surface area (Å²) < 4.78 is 13.2. The van der Waals surface area contributed by atoms with Gasteiger partial charge in [-0.3, -0.25) is 15.3 Å². The first-order valence-electron chi connectivity index (χ1n) is 13.9. The lowest BCUT2D eigenvalue weighted by Gasteiger charge is -2.14. The molecule has 4 aromatic heterocycles. The van der Waals surface area contributed by atoms with Gasteiger partial charge in [-0.2, -0.15) is 5.10 Å². The van der Waals surface area contributed by atoms with E-state index in [9.17, 15) is 9.59 Å². The lowest BCUT2D eigenvalue weighted by molar-refractivity contribution is 0.262. The van der Waals surface area contributed by atoms with Gasteiger partial charge in [0.1, 0.15) is 22.6 Å². The maximum atomic E-state index is 13.4. The van der Waals surface area contributed by atoms with Crippen molar-refractivity contribution in [2.24, 2.45) is 0 Å². The first-order valence-corrected chi connectivity index (χ1v) is 13.9. The summed E-state index contributed by atoms with van der Waals surface area (Å²) >= 11 is 0. The fraction of sp³-hybridized carbons (Fsp3) is 0.194. The summed E-state index contributed by atoms with van der Waals surface area (Å²) in [7, 11) is 1.62. The van der Waals surface area contributed by atoms with Gasteiger partial charge in [-0.25, -0.2) is 19.3 Å². The number of H-pyrrole nitrogens is 2. The topological polar surface area (TPSA) is 152 Å². The van der Waals surface area contributed by atoms with Crippen LogP contribution in [0.25, 0.3) is 27.8 Å². The number of methoxy groups -OCH3 is 1. The van der Waals surface area contributed by atoms with Crippen LogP contribution in [-0.2, 0) is 0 Å². The number of hydrogen-bond acceptors (Lipinski definition) is 7. The summed E-state index contributed by atoms with van der Waals surface area (Å²) in [5, 5.41) is 11.4. The molecule has 0 aliphatic rings. The second kappa shape index (κ2) is 11.7. The molecule has 0 fully saturated rings. The van der Waals surface area contributed by atoms with Crippen LogP contribution in [0.4, 0.5) is 16.3 Å². The van der Waals surface area contributed by atoms with E-state index < -0.39 is 6.03 Å². The van der Waals surface area contributed by atoms with Gasteiger partial charge in [0.05, 0.1) is 24.2 Å². The molecule has 6 rings (SSSR count). The highest BCUT2D eigenvalue weighted by atomic mass is 16.5. The number of fused-ring (bicyclic) bond motifs is 2. The van der Waals surface area contributed by atoms with Gasteiger partial charge in [0.15, 0.2) is 17.1 Å². The number of benzene rings is 2. The Hall–Kier alpha value is -5.65. The number of hydrogen-bond donors (Lipinski definition) is 4. The SMILES string of the molecule is CCCC(C)c1cc(NC(=O)Nc2ccc(Oc3ccnc4[nH]c(=O)[nH]c34)c3ncccc23)n(-c2ccc(OC)cc2)n1. The predicted molar refractivity (Wildman–Crippen MR) is 165 cm³/mol. The molecule has 4 heterocycles. The normalized spacial score (nSPS) is 11.9. The number of carbonyl (C=O) groups excluding carboxylic acids is 1. The fourth-order valence-corrected chi connectivity index (χ4v) is 4.95. The minimum Gasteiger partial charge on any atom is -0.497 e. The highest BCUT2D eigenvalue weighted by Crippen LogP contribution is 2.35. The first-order chi connectivity index (χ1) is 20.9. The van der Waals surface area contributed by atoms with E-state index >= 15 is 0 Å². The van der Waals surface area contributed by atoms with Crippen LogP contribution in [0.1, 0.15) is 38.3 Å². The summed E-state index contributed by atoms with van der Waals surface area (Å²) in [5.41, 5.74) is 3.19. The molecule has 43 heavy (non-hydrogen) atoms. The third-order valence-corrected chi connectivity index (χ3v) is 7.10. The van der Waals surface area contributed by atoms with Crippen molar-refractivity contribution < 1.29 is 14.3 Å². The number of ether oxygens (including phenoxy) is 2. The zero-order valence-electron chi connectivity index (χ0n) is 23.8. The van der Waals surface area contributed by atoms with Crippen molar-refractivity contribution in [2.45, 2.75) is 32.6 Å². The molecule has 218 valence electrons. The number of nitrogens with zero attached hydrogens (tertiary/aromatic N) is 4. The van der Waals surface area contributed by atoms with E-state index in [1.807, 2.05) is 36.4 Å². The molecular weight excluding hydrogens is 548 g/mol. The van der Waals surface area contributed by atoms with Gasteiger partial charge in [0.2, 0.25) is 0 Å². The van der Waals surface area contributed by atoms with E-state index in [0.717, 1.165) is 30.0 Å². The van der Waals surface area contributed by atoms with Crippen LogP contribution >= 0.6 is 0 Å². The van der Waals surface area contributed by atoms with Crippen LogP contribution in [0.2, 0.25) is 0 Å². The van der Waals surface area contributed by atoms with Gasteiger partial charge < -0.3 is 19.8 Å². The molecule has 12 heteroatoms. The maximum absolute atomic E-state index is 13.4. The molecule has 12 nitrogen and oxygen atoms in total. The average molecular weight is 579 g/mol. The van der Waals surface area contributed by atoms with Crippen molar-refractivity contribution in [2.75, 3.05) is 17.7 Å². The highest BCUT2D eigenvalue weighted by Gasteiger charge is 2.18. The Morgan fingerprint density at radius 3 is 2.63 bits per heavy atom. The van der Waals surface area contributed by atoms with Crippen molar-refractivity contribution in [3.63, 3.8) is 0 Å². The maximum Gasteiger partial charge on any atom is 0.325 e. The van der Waals surface area contributed by atoms with E-state index in [4.69, 9.17) is 14.6 Å².